The van der Waals surface area contributed by atoms with Crippen molar-refractivity contribution < 1.29 is 9.53 Å². The van der Waals surface area contributed by atoms with E-state index in [1.165, 1.54) is 0 Å². The van der Waals surface area contributed by atoms with Crippen molar-refractivity contribution in [3.8, 4) is 0 Å². The molecule has 24 heavy (non-hydrogen) atoms. The third kappa shape index (κ3) is 4.05. The molecule has 0 spiro atoms. The molecule has 0 saturated carbocycles. The Bertz CT molecular complexity index is 558. The molecule has 1 aromatic heterocycles. The molecule has 2 aliphatic rings. The van der Waals surface area contributed by atoms with Gasteiger partial charge in [-0.3, -0.25) is 4.79 Å². The van der Waals surface area contributed by atoms with Gasteiger partial charge in [-0.05, 0) is 32.9 Å². The Labute approximate surface area is 144 Å². The number of nitrogens with one attached hydrogen (secondary N) is 1. The van der Waals surface area contributed by atoms with Crippen LogP contribution in [0.5, 0.6) is 0 Å². The molecule has 0 unspecified atom stereocenters. The van der Waals surface area contributed by atoms with Crippen LogP contribution in [0.25, 0.3) is 0 Å². The lowest BCUT2D eigenvalue weighted by atomic mass is 9.94. The number of aromatic nitrogens is 1. The van der Waals surface area contributed by atoms with Crippen LogP contribution < -0.4 is 10.2 Å². The van der Waals surface area contributed by atoms with Gasteiger partial charge in [0.05, 0.1) is 12.0 Å². The smallest absolute Gasteiger partial charge is 0.225 e. The first-order valence-electron chi connectivity index (χ1n) is 8.92. The molecule has 1 N–H and O–H groups in total. The highest BCUT2D eigenvalue weighted by Gasteiger charge is 2.28. The van der Waals surface area contributed by atoms with Crippen LogP contribution in [0.1, 0.15) is 25.3 Å². The lowest BCUT2D eigenvalue weighted by molar-refractivity contribution is -0.133. The highest BCUT2D eigenvalue weighted by Crippen LogP contribution is 2.22. The van der Waals surface area contributed by atoms with Gasteiger partial charge in [0.15, 0.2) is 0 Å². The molecule has 6 nitrogen and oxygen atoms in total. The van der Waals surface area contributed by atoms with E-state index in [0.717, 1.165) is 57.0 Å². The SMILES string of the molecule is C[C@H]1OCCC[C@@H]1C(=O)NCc1cccnc1N1CCN(C)CC1. The van der Waals surface area contributed by atoms with Gasteiger partial charge in [0.25, 0.3) is 0 Å². The number of rotatable bonds is 4. The summed E-state index contributed by atoms with van der Waals surface area (Å²) in [5.41, 5.74) is 1.08. The van der Waals surface area contributed by atoms with Crippen LogP contribution in [-0.4, -0.2) is 61.7 Å². The summed E-state index contributed by atoms with van der Waals surface area (Å²) in [5.74, 6) is 1.05. The van der Waals surface area contributed by atoms with Gasteiger partial charge in [-0.25, -0.2) is 4.98 Å². The third-order valence-electron chi connectivity index (χ3n) is 5.07. The summed E-state index contributed by atoms with van der Waals surface area (Å²) in [4.78, 5) is 21.7. The molecule has 1 amide bonds. The second-order valence-electron chi connectivity index (χ2n) is 6.82. The number of anilines is 1. The maximum atomic E-state index is 12.5. The number of pyridine rings is 1. The van der Waals surface area contributed by atoms with E-state index in [0.29, 0.717) is 6.54 Å². The number of piperazine rings is 1. The molecule has 132 valence electrons. The molecule has 3 rings (SSSR count). The molecule has 0 aliphatic carbocycles. The van der Waals surface area contributed by atoms with Crippen LogP contribution in [0.15, 0.2) is 18.3 Å². The molecule has 0 bridgehead atoms. The van der Waals surface area contributed by atoms with Gasteiger partial charge in [-0.15, -0.1) is 0 Å². The number of carbonyl (C=O) groups is 1. The fraction of sp³-hybridized carbons (Fsp3) is 0.667. The summed E-state index contributed by atoms with van der Waals surface area (Å²) in [6.07, 6.45) is 3.70. The monoisotopic (exact) mass is 332 g/mol. The summed E-state index contributed by atoms with van der Waals surface area (Å²) in [7, 11) is 2.14. The maximum absolute atomic E-state index is 12.5. The quantitative estimate of drug-likeness (QED) is 0.900. The third-order valence-corrected chi connectivity index (χ3v) is 5.07. The van der Waals surface area contributed by atoms with E-state index in [9.17, 15) is 4.79 Å². The first-order chi connectivity index (χ1) is 11.6. The number of amides is 1. The van der Waals surface area contributed by atoms with Gasteiger partial charge in [0, 0.05) is 51.1 Å². The summed E-state index contributed by atoms with van der Waals surface area (Å²) in [6.45, 7) is 7.31. The summed E-state index contributed by atoms with van der Waals surface area (Å²) in [6, 6.07) is 4.00. The maximum Gasteiger partial charge on any atom is 0.225 e. The van der Waals surface area contributed by atoms with E-state index < -0.39 is 0 Å². The second kappa shape index (κ2) is 7.94. The van der Waals surface area contributed by atoms with Gasteiger partial charge in [-0.2, -0.15) is 0 Å². The number of nitrogens with zero attached hydrogens (tertiary/aromatic N) is 3. The minimum Gasteiger partial charge on any atom is -0.378 e. The Hall–Kier alpha value is -1.66. The molecular formula is C18H28N4O2. The molecule has 0 aromatic carbocycles. The highest BCUT2D eigenvalue weighted by atomic mass is 16.5. The van der Waals surface area contributed by atoms with Crippen molar-refractivity contribution >= 4 is 11.7 Å². The summed E-state index contributed by atoms with van der Waals surface area (Å²) in [5, 5.41) is 3.09. The van der Waals surface area contributed by atoms with Crippen LogP contribution in [0.4, 0.5) is 5.82 Å². The van der Waals surface area contributed by atoms with Crippen molar-refractivity contribution in [2.75, 3.05) is 44.7 Å². The van der Waals surface area contributed by atoms with Gasteiger partial charge >= 0.3 is 0 Å². The average molecular weight is 332 g/mol. The zero-order valence-electron chi connectivity index (χ0n) is 14.7. The van der Waals surface area contributed by atoms with E-state index in [2.05, 4.69) is 33.2 Å². The first kappa shape index (κ1) is 17.2. The van der Waals surface area contributed by atoms with Crippen LogP contribution >= 0.6 is 0 Å². The Morgan fingerprint density at radius 1 is 1.38 bits per heavy atom. The molecule has 2 aliphatic heterocycles. The molecule has 3 heterocycles. The van der Waals surface area contributed by atoms with E-state index in [-0.39, 0.29) is 17.9 Å². The van der Waals surface area contributed by atoms with Crippen molar-refractivity contribution in [2.45, 2.75) is 32.4 Å². The van der Waals surface area contributed by atoms with Gasteiger partial charge in [-0.1, -0.05) is 6.07 Å². The lowest BCUT2D eigenvalue weighted by Gasteiger charge is -2.34. The molecular weight excluding hydrogens is 304 g/mol. The Balaban J connectivity index is 1.62. The fourth-order valence-electron chi connectivity index (χ4n) is 3.45. The first-order valence-corrected chi connectivity index (χ1v) is 8.92. The van der Waals surface area contributed by atoms with Crippen molar-refractivity contribution in [3.63, 3.8) is 0 Å². The van der Waals surface area contributed by atoms with Crippen LogP contribution in [0.2, 0.25) is 0 Å². The normalized spacial score (nSPS) is 25.5. The highest BCUT2D eigenvalue weighted by molar-refractivity contribution is 5.79. The largest absolute Gasteiger partial charge is 0.378 e. The lowest BCUT2D eigenvalue weighted by Crippen LogP contribution is -2.45. The number of hydrogen-bond acceptors (Lipinski definition) is 5. The van der Waals surface area contributed by atoms with Crippen molar-refractivity contribution in [2.24, 2.45) is 5.92 Å². The molecule has 2 saturated heterocycles. The van der Waals surface area contributed by atoms with Crippen molar-refractivity contribution in [1.29, 1.82) is 0 Å². The molecule has 6 heteroatoms. The second-order valence-corrected chi connectivity index (χ2v) is 6.82. The number of likely N-dealkylation sites (N-methyl/N-ethyl adjacent to an activating group) is 1. The van der Waals surface area contributed by atoms with E-state index in [1.54, 1.807) is 0 Å². The zero-order chi connectivity index (χ0) is 16.9. The fourth-order valence-corrected chi connectivity index (χ4v) is 3.45. The Morgan fingerprint density at radius 3 is 2.92 bits per heavy atom. The van der Waals surface area contributed by atoms with Crippen LogP contribution in [0.3, 0.4) is 0 Å². The van der Waals surface area contributed by atoms with Crippen molar-refractivity contribution in [1.82, 2.24) is 15.2 Å². The minimum absolute atomic E-state index is 0.00440. The number of ether oxygens (including phenoxy) is 1. The van der Waals surface area contributed by atoms with Crippen molar-refractivity contribution in [3.05, 3.63) is 23.9 Å². The van der Waals surface area contributed by atoms with Gasteiger partial charge < -0.3 is 19.9 Å². The Morgan fingerprint density at radius 2 is 2.17 bits per heavy atom. The minimum atomic E-state index is -0.0393. The zero-order valence-corrected chi connectivity index (χ0v) is 14.7. The topological polar surface area (TPSA) is 57.7 Å². The van der Waals surface area contributed by atoms with Gasteiger partial charge in [0.1, 0.15) is 5.82 Å². The van der Waals surface area contributed by atoms with Gasteiger partial charge in [0.2, 0.25) is 5.91 Å². The van der Waals surface area contributed by atoms with Crippen LogP contribution in [0, 0.1) is 5.92 Å². The van der Waals surface area contributed by atoms with E-state index in [4.69, 9.17) is 4.74 Å². The molecule has 1 aromatic rings. The predicted octanol–water partition coefficient (Wildman–Crippen LogP) is 1.26. The molecule has 2 atom stereocenters. The van der Waals surface area contributed by atoms with E-state index in [1.807, 2.05) is 19.2 Å². The summed E-state index contributed by atoms with van der Waals surface area (Å²) < 4.78 is 5.61. The number of carbonyl (C=O) groups excluding carboxylic acids is 1. The average Bonchev–Trinajstić information content (AvgIpc) is 2.61. The summed E-state index contributed by atoms with van der Waals surface area (Å²) >= 11 is 0. The van der Waals surface area contributed by atoms with Crippen LogP contribution in [-0.2, 0) is 16.1 Å². The Kier molecular flexibility index (Phi) is 5.68. The molecule has 2 fully saturated rings. The molecule has 0 radical (unpaired) electrons. The standard InChI is InChI=1S/C18H28N4O2/c1-14-16(6-4-12-24-14)18(23)20-13-15-5-3-7-19-17(15)22-10-8-21(2)9-11-22/h3,5,7,14,16H,4,6,8-13H2,1-2H3,(H,20,23)/t14-,16+/m1/s1. The predicted molar refractivity (Wildman–Crippen MR) is 93.9 cm³/mol. The van der Waals surface area contributed by atoms with E-state index >= 15 is 0 Å². The number of hydrogen-bond donors (Lipinski definition) is 1.